The maximum Gasteiger partial charge on any atom is 0.416 e. The van der Waals surface area contributed by atoms with Crippen molar-refractivity contribution < 1.29 is 22.7 Å². The standard InChI is InChI=1S/C48H39F3N4O2/c1-46(2,3)30-15-18-39(56)38(25-30)44-54-42-34(19-21-53-45(42)55(44)32-16-13-29(14-17-32)48(49,50)51)37-24-28(23-36-33-11-7-8-12-40(33)57-43(36)37)35-26-31(47(4,5)6)22-27-10-9-20-52-41(27)35/h7-26,56H,1-6H3. The average Bonchev–Trinajstić information content (AvgIpc) is 3.75. The van der Waals surface area contributed by atoms with Crippen LogP contribution in [-0.4, -0.2) is 24.6 Å². The van der Waals surface area contributed by atoms with Crippen LogP contribution in [0.2, 0.25) is 0 Å². The maximum atomic E-state index is 13.8. The summed E-state index contributed by atoms with van der Waals surface area (Å²) in [5.74, 6) is 0.311. The van der Waals surface area contributed by atoms with Gasteiger partial charge in [0.25, 0.3) is 0 Å². The number of aromatic hydroxyl groups is 1. The van der Waals surface area contributed by atoms with Crippen molar-refractivity contribution in [3.05, 3.63) is 138 Å². The highest BCUT2D eigenvalue weighted by atomic mass is 19.4. The van der Waals surface area contributed by atoms with E-state index in [0.717, 1.165) is 61.6 Å². The van der Waals surface area contributed by atoms with E-state index in [1.807, 2.05) is 48.5 Å². The van der Waals surface area contributed by atoms with Gasteiger partial charge in [-0.1, -0.05) is 71.9 Å². The van der Waals surface area contributed by atoms with Crippen molar-refractivity contribution in [1.29, 1.82) is 0 Å². The molecular formula is C48H39F3N4O2. The first-order valence-corrected chi connectivity index (χ1v) is 18.8. The van der Waals surface area contributed by atoms with Gasteiger partial charge in [-0.3, -0.25) is 9.55 Å². The number of aromatic nitrogens is 4. The monoisotopic (exact) mass is 760 g/mol. The number of nitrogens with zero attached hydrogens (tertiary/aromatic N) is 4. The summed E-state index contributed by atoms with van der Waals surface area (Å²) in [6, 6.07) is 32.8. The predicted molar refractivity (Wildman–Crippen MR) is 222 cm³/mol. The fraction of sp³-hybridized carbons (Fsp3) is 0.188. The lowest BCUT2D eigenvalue weighted by molar-refractivity contribution is -0.137. The highest BCUT2D eigenvalue weighted by molar-refractivity contribution is 6.14. The van der Waals surface area contributed by atoms with E-state index in [2.05, 4.69) is 71.9 Å². The Morgan fingerprint density at radius 1 is 0.596 bits per heavy atom. The van der Waals surface area contributed by atoms with E-state index in [0.29, 0.717) is 39.4 Å². The Kier molecular flexibility index (Phi) is 8.11. The average molecular weight is 761 g/mol. The molecule has 6 nitrogen and oxygen atoms in total. The largest absolute Gasteiger partial charge is 0.507 e. The molecule has 1 N–H and O–H groups in total. The number of pyridine rings is 2. The molecule has 0 atom stereocenters. The van der Waals surface area contributed by atoms with Crippen LogP contribution < -0.4 is 0 Å². The molecule has 0 saturated carbocycles. The molecule has 9 heteroatoms. The van der Waals surface area contributed by atoms with E-state index < -0.39 is 11.7 Å². The number of para-hydroxylation sites is 1. The molecule has 4 heterocycles. The smallest absolute Gasteiger partial charge is 0.416 e. The summed E-state index contributed by atoms with van der Waals surface area (Å²) in [6.07, 6.45) is -1.03. The number of phenolic OH excluding ortho intramolecular Hbond substituents is 1. The minimum atomic E-state index is -4.51. The van der Waals surface area contributed by atoms with Gasteiger partial charge in [-0.05, 0) is 106 Å². The molecule has 9 rings (SSSR count). The van der Waals surface area contributed by atoms with E-state index in [-0.39, 0.29) is 16.6 Å². The van der Waals surface area contributed by atoms with Crippen molar-refractivity contribution in [1.82, 2.24) is 19.5 Å². The molecule has 0 aliphatic rings. The normalized spacial score (nSPS) is 12.7. The second-order valence-electron chi connectivity index (χ2n) is 16.7. The second-order valence-corrected chi connectivity index (χ2v) is 16.7. The van der Waals surface area contributed by atoms with Crippen LogP contribution in [0.3, 0.4) is 0 Å². The molecule has 0 aliphatic carbocycles. The van der Waals surface area contributed by atoms with Crippen molar-refractivity contribution in [3.63, 3.8) is 0 Å². The van der Waals surface area contributed by atoms with Gasteiger partial charge < -0.3 is 9.52 Å². The van der Waals surface area contributed by atoms with Crippen LogP contribution in [0, 0.1) is 0 Å². The minimum absolute atomic E-state index is 0.0206. The molecule has 0 saturated heterocycles. The minimum Gasteiger partial charge on any atom is -0.507 e. The lowest BCUT2D eigenvalue weighted by Crippen LogP contribution is -2.11. The Labute approximate surface area is 327 Å². The quantitative estimate of drug-likeness (QED) is 0.193. The van der Waals surface area contributed by atoms with Gasteiger partial charge in [-0.25, -0.2) is 9.97 Å². The van der Waals surface area contributed by atoms with Crippen molar-refractivity contribution >= 4 is 44.0 Å². The zero-order valence-electron chi connectivity index (χ0n) is 32.3. The summed E-state index contributed by atoms with van der Waals surface area (Å²) in [6.45, 7) is 12.8. The molecule has 284 valence electrons. The van der Waals surface area contributed by atoms with Crippen LogP contribution in [0.4, 0.5) is 13.2 Å². The Bertz CT molecular complexity index is 3040. The number of benzene rings is 5. The van der Waals surface area contributed by atoms with Crippen LogP contribution in [0.25, 0.3) is 83.3 Å². The van der Waals surface area contributed by atoms with E-state index >= 15 is 0 Å². The van der Waals surface area contributed by atoms with Gasteiger partial charge in [0.15, 0.2) is 11.5 Å². The van der Waals surface area contributed by atoms with E-state index in [9.17, 15) is 18.3 Å². The molecule has 4 aromatic heterocycles. The van der Waals surface area contributed by atoms with E-state index in [1.54, 1.807) is 23.0 Å². The summed E-state index contributed by atoms with van der Waals surface area (Å²) in [5.41, 5.74) is 8.26. The van der Waals surface area contributed by atoms with E-state index in [4.69, 9.17) is 19.4 Å². The number of furan rings is 1. The van der Waals surface area contributed by atoms with Crippen LogP contribution in [0.5, 0.6) is 5.75 Å². The zero-order chi connectivity index (χ0) is 40.0. The van der Waals surface area contributed by atoms with Gasteiger partial charge >= 0.3 is 6.18 Å². The number of hydrogen-bond donors (Lipinski definition) is 1. The van der Waals surface area contributed by atoms with Crippen LogP contribution >= 0.6 is 0 Å². The van der Waals surface area contributed by atoms with E-state index in [1.165, 1.54) is 17.7 Å². The summed E-state index contributed by atoms with van der Waals surface area (Å²) in [7, 11) is 0. The fourth-order valence-electron chi connectivity index (χ4n) is 7.62. The van der Waals surface area contributed by atoms with Gasteiger partial charge in [-0.2, -0.15) is 13.2 Å². The number of phenols is 1. The SMILES string of the molecule is CC(C)(C)c1ccc(O)c(-c2nc3c(-c4cc(-c5cc(C(C)(C)C)cc6cccnc56)cc5c4oc4ccccc45)ccnc3n2-c2ccc(C(F)(F)F)cc2)c1. The third-order valence-electron chi connectivity index (χ3n) is 10.8. The first kappa shape index (κ1) is 36.2. The van der Waals surface area contributed by atoms with Gasteiger partial charge in [-0.15, -0.1) is 0 Å². The third kappa shape index (κ3) is 6.18. The molecule has 0 radical (unpaired) electrons. The molecule has 0 bridgehead atoms. The Morgan fingerprint density at radius 3 is 2.05 bits per heavy atom. The van der Waals surface area contributed by atoms with Crippen LogP contribution in [-0.2, 0) is 17.0 Å². The lowest BCUT2D eigenvalue weighted by atomic mass is 9.83. The number of imidazole rings is 1. The van der Waals surface area contributed by atoms with Crippen molar-refractivity contribution in [2.24, 2.45) is 0 Å². The number of hydrogen-bond acceptors (Lipinski definition) is 5. The molecule has 0 spiro atoms. The second kappa shape index (κ2) is 12.8. The van der Waals surface area contributed by atoms with Crippen molar-refractivity contribution in [2.45, 2.75) is 58.5 Å². The third-order valence-corrected chi connectivity index (χ3v) is 10.8. The maximum absolute atomic E-state index is 13.8. The summed E-state index contributed by atoms with van der Waals surface area (Å²) >= 11 is 0. The van der Waals surface area contributed by atoms with Gasteiger partial charge in [0.05, 0.1) is 16.6 Å². The number of rotatable bonds is 4. The lowest BCUT2D eigenvalue weighted by Gasteiger charge is -2.21. The predicted octanol–water partition coefficient (Wildman–Crippen LogP) is 13.2. The Hall–Kier alpha value is -6.48. The highest BCUT2D eigenvalue weighted by Gasteiger charge is 2.31. The van der Waals surface area contributed by atoms with Gasteiger partial charge in [0, 0.05) is 50.9 Å². The van der Waals surface area contributed by atoms with Crippen LogP contribution in [0.15, 0.2) is 126 Å². The van der Waals surface area contributed by atoms with Crippen LogP contribution in [0.1, 0.15) is 58.2 Å². The van der Waals surface area contributed by atoms with Crippen molar-refractivity contribution in [3.8, 4) is 45.1 Å². The summed E-state index contributed by atoms with van der Waals surface area (Å²) < 4.78 is 49.6. The first-order chi connectivity index (χ1) is 27.1. The molecule has 9 aromatic rings. The molecule has 0 amide bonds. The van der Waals surface area contributed by atoms with Gasteiger partial charge in [0.1, 0.15) is 22.4 Å². The first-order valence-electron chi connectivity index (χ1n) is 18.8. The zero-order valence-corrected chi connectivity index (χ0v) is 32.3. The molecular weight excluding hydrogens is 722 g/mol. The number of halogens is 3. The topological polar surface area (TPSA) is 77.0 Å². The van der Waals surface area contributed by atoms with Gasteiger partial charge in [0.2, 0.25) is 0 Å². The Morgan fingerprint density at radius 2 is 1.32 bits per heavy atom. The Balaban J connectivity index is 1.38. The highest BCUT2D eigenvalue weighted by Crippen LogP contribution is 2.45. The van der Waals surface area contributed by atoms with Crippen molar-refractivity contribution in [2.75, 3.05) is 0 Å². The number of alkyl halides is 3. The molecule has 0 fully saturated rings. The molecule has 57 heavy (non-hydrogen) atoms. The summed E-state index contributed by atoms with van der Waals surface area (Å²) in [4.78, 5) is 14.9. The molecule has 5 aromatic carbocycles. The molecule has 0 unspecified atom stereocenters. The molecule has 0 aliphatic heterocycles. The summed E-state index contributed by atoms with van der Waals surface area (Å²) in [5, 5.41) is 14.3. The number of fused-ring (bicyclic) bond motifs is 5. The fourth-order valence-corrected chi connectivity index (χ4v) is 7.62.